The molecule has 1 aliphatic heterocycles. The summed E-state index contributed by atoms with van der Waals surface area (Å²) in [5.74, 6) is 0.418. The molecule has 1 aromatic carbocycles. The number of aromatic nitrogens is 2. The molecule has 2 aromatic rings. The molecule has 0 spiro atoms. The van der Waals surface area contributed by atoms with Crippen molar-refractivity contribution in [3.8, 4) is 5.69 Å². The zero-order valence-electron chi connectivity index (χ0n) is 17.5. The zero-order chi connectivity index (χ0) is 21.5. The minimum Gasteiger partial charge on any atom is -0.461 e. The molecule has 1 amide bonds. The van der Waals surface area contributed by atoms with Crippen LogP contribution in [0, 0.1) is 0 Å². The number of amides is 1. The molecule has 1 N–H and O–H groups in total. The van der Waals surface area contributed by atoms with Gasteiger partial charge in [0.05, 0.1) is 12.4 Å². The molecule has 0 radical (unpaired) electrons. The molecule has 0 unspecified atom stereocenters. The Morgan fingerprint density at radius 1 is 1.17 bits per heavy atom. The van der Waals surface area contributed by atoms with Gasteiger partial charge in [-0.25, -0.2) is 15.7 Å². The maximum absolute atomic E-state index is 13.0. The van der Waals surface area contributed by atoms with Crippen LogP contribution in [0.5, 0.6) is 0 Å². The molecule has 0 saturated heterocycles. The lowest BCUT2D eigenvalue weighted by Gasteiger charge is -2.16. The van der Waals surface area contributed by atoms with E-state index >= 15 is 0 Å². The number of carbonyl (C=O) groups excluding carboxylic acids is 2. The average molecular weight is 429 g/mol. The van der Waals surface area contributed by atoms with Gasteiger partial charge in [0.25, 0.3) is 0 Å². The molecule has 160 valence electrons. The summed E-state index contributed by atoms with van der Waals surface area (Å²) in [5.41, 5.74) is 0.988. The fourth-order valence-corrected chi connectivity index (χ4v) is 4.36. The quantitative estimate of drug-likeness (QED) is 0.360. The number of unbranched alkanes of at least 4 members (excludes halogenated alkanes) is 1. The van der Waals surface area contributed by atoms with Crippen LogP contribution in [0.2, 0.25) is 0 Å². The van der Waals surface area contributed by atoms with Crippen molar-refractivity contribution in [3.63, 3.8) is 0 Å². The summed E-state index contributed by atoms with van der Waals surface area (Å²) in [4.78, 5) is 32.1. The number of allylic oxidation sites excluding steroid dienone is 2. The van der Waals surface area contributed by atoms with E-state index in [4.69, 9.17) is 4.74 Å². The highest BCUT2D eigenvalue weighted by Crippen LogP contribution is 2.33. The first-order valence-electron chi connectivity index (χ1n) is 9.94. The molecule has 0 aliphatic carbocycles. The van der Waals surface area contributed by atoms with Gasteiger partial charge in [0.2, 0.25) is 11.9 Å². The first-order valence-corrected chi connectivity index (χ1v) is 11.6. The van der Waals surface area contributed by atoms with Crippen molar-refractivity contribution >= 4 is 34.5 Å². The van der Waals surface area contributed by atoms with Gasteiger partial charge in [-0.2, -0.15) is 4.98 Å². The monoisotopic (exact) mass is 428 g/mol. The summed E-state index contributed by atoms with van der Waals surface area (Å²) in [6.45, 7) is 2.35. The largest absolute Gasteiger partial charge is 0.461 e. The number of para-hydroxylation sites is 1. The number of hydrogen-bond acceptors (Lipinski definition) is 5. The standard InChI is InChI=1S/C22H28N4O3S/c1-4-5-13-29-21(28)19-20(23-18(27)16-30-14-9-10-15-30)24-22(25(2)3)26(19)17-11-7-6-8-12-17/h6-12,14-15,30H,4-5,13,16H2,1-3H3,(H,23,27). The van der Waals surface area contributed by atoms with Crippen LogP contribution in [-0.2, 0) is 9.53 Å². The highest BCUT2D eigenvalue weighted by Gasteiger charge is 2.27. The molecular formula is C22H28N4O3S. The normalized spacial score (nSPS) is 13.5. The first-order chi connectivity index (χ1) is 14.5. The van der Waals surface area contributed by atoms with E-state index in [1.165, 1.54) is 0 Å². The van der Waals surface area contributed by atoms with Crippen LogP contribution < -0.4 is 10.2 Å². The Hall–Kier alpha value is -3.00. The molecule has 0 fully saturated rings. The van der Waals surface area contributed by atoms with E-state index < -0.39 is 16.9 Å². The lowest BCUT2D eigenvalue weighted by Crippen LogP contribution is -2.20. The Morgan fingerprint density at radius 3 is 2.50 bits per heavy atom. The topological polar surface area (TPSA) is 76.5 Å². The molecular weight excluding hydrogens is 400 g/mol. The van der Waals surface area contributed by atoms with Crippen molar-refractivity contribution in [2.75, 3.05) is 36.7 Å². The van der Waals surface area contributed by atoms with Crippen LogP contribution in [-0.4, -0.2) is 47.9 Å². The number of imidazole rings is 1. The van der Waals surface area contributed by atoms with E-state index in [2.05, 4.69) is 10.3 Å². The number of rotatable bonds is 9. The molecule has 2 heterocycles. The number of nitrogens with zero attached hydrogens (tertiary/aromatic N) is 3. The zero-order valence-corrected chi connectivity index (χ0v) is 18.4. The third-order valence-corrected chi connectivity index (χ3v) is 6.21. The van der Waals surface area contributed by atoms with Crippen molar-refractivity contribution in [2.24, 2.45) is 0 Å². The Labute approximate surface area is 179 Å². The van der Waals surface area contributed by atoms with Gasteiger partial charge in [0.1, 0.15) is 0 Å². The second-order valence-corrected chi connectivity index (χ2v) is 9.01. The molecule has 1 aromatic heterocycles. The molecule has 0 saturated carbocycles. The number of thiol groups is 1. The Balaban J connectivity index is 1.99. The van der Waals surface area contributed by atoms with Crippen molar-refractivity contribution in [2.45, 2.75) is 19.8 Å². The lowest BCUT2D eigenvalue weighted by molar-refractivity contribution is -0.113. The minimum atomic E-state index is -0.609. The van der Waals surface area contributed by atoms with Crippen LogP contribution in [0.25, 0.3) is 5.69 Å². The second kappa shape index (κ2) is 10.2. The summed E-state index contributed by atoms with van der Waals surface area (Å²) in [6, 6.07) is 9.46. The van der Waals surface area contributed by atoms with Gasteiger partial charge in [0.15, 0.2) is 11.5 Å². The van der Waals surface area contributed by atoms with Gasteiger partial charge in [0, 0.05) is 19.8 Å². The van der Waals surface area contributed by atoms with Gasteiger partial charge in [-0.15, -0.1) is 0 Å². The first kappa shape index (κ1) is 21.7. The number of esters is 1. The van der Waals surface area contributed by atoms with Crippen LogP contribution in [0.4, 0.5) is 11.8 Å². The number of hydrogen-bond donors (Lipinski definition) is 2. The van der Waals surface area contributed by atoms with Gasteiger partial charge in [-0.1, -0.05) is 43.7 Å². The van der Waals surface area contributed by atoms with Crippen molar-refractivity contribution < 1.29 is 14.3 Å². The second-order valence-electron chi connectivity index (χ2n) is 7.07. The Morgan fingerprint density at radius 2 is 1.87 bits per heavy atom. The van der Waals surface area contributed by atoms with Crippen LogP contribution in [0.3, 0.4) is 0 Å². The highest BCUT2D eigenvalue weighted by molar-refractivity contribution is 8.22. The molecule has 0 bridgehead atoms. The third-order valence-electron chi connectivity index (χ3n) is 4.45. The summed E-state index contributed by atoms with van der Waals surface area (Å²) < 4.78 is 7.22. The number of carbonyl (C=O) groups is 2. The minimum absolute atomic E-state index is 0.178. The van der Waals surface area contributed by atoms with E-state index in [-0.39, 0.29) is 17.4 Å². The van der Waals surface area contributed by atoms with Gasteiger partial charge < -0.3 is 15.0 Å². The third kappa shape index (κ3) is 5.13. The lowest BCUT2D eigenvalue weighted by atomic mass is 10.3. The van der Waals surface area contributed by atoms with Crippen LogP contribution in [0.1, 0.15) is 30.3 Å². The fraction of sp³-hybridized carbons (Fsp3) is 0.318. The average Bonchev–Trinajstić information content (AvgIpc) is 3.36. The van der Waals surface area contributed by atoms with Gasteiger partial charge in [-0.3, -0.25) is 9.36 Å². The molecule has 8 heteroatoms. The van der Waals surface area contributed by atoms with E-state index in [1.807, 2.05) is 74.3 Å². The van der Waals surface area contributed by atoms with E-state index in [9.17, 15) is 9.59 Å². The molecule has 1 aliphatic rings. The predicted molar refractivity (Wildman–Crippen MR) is 124 cm³/mol. The summed E-state index contributed by atoms with van der Waals surface area (Å²) in [5, 5.41) is 6.91. The number of benzene rings is 1. The van der Waals surface area contributed by atoms with Crippen molar-refractivity contribution in [1.82, 2.24) is 9.55 Å². The number of nitrogens with one attached hydrogen (secondary N) is 1. The van der Waals surface area contributed by atoms with Gasteiger partial charge >= 0.3 is 5.97 Å². The highest BCUT2D eigenvalue weighted by atomic mass is 32.2. The fourth-order valence-electron chi connectivity index (χ4n) is 3.00. The summed E-state index contributed by atoms with van der Waals surface area (Å²) >= 11 is 0. The SMILES string of the molecule is CCCCOC(=O)c1c(NC(=O)C[SH]2C=CC=C2)nc(N(C)C)n1-c1ccccc1. The van der Waals surface area contributed by atoms with E-state index in [0.29, 0.717) is 18.3 Å². The Kier molecular flexibility index (Phi) is 7.35. The van der Waals surface area contributed by atoms with Crippen molar-refractivity contribution in [3.05, 3.63) is 59.0 Å². The molecule has 30 heavy (non-hydrogen) atoms. The number of anilines is 2. The summed E-state index contributed by atoms with van der Waals surface area (Å²) in [7, 11) is 3.08. The Bertz CT molecular complexity index is 939. The predicted octanol–water partition coefficient (Wildman–Crippen LogP) is 3.88. The molecule has 7 nitrogen and oxygen atoms in total. The van der Waals surface area contributed by atoms with E-state index in [1.54, 1.807) is 9.47 Å². The molecule has 3 rings (SSSR count). The number of ether oxygens (including phenoxy) is 1. The van der Waals surface area contributed by atoms with Crippen molar-refractivity contribution in [1.29, 1.82) is 0 Å². The maximum atomic E-state index is 13.0. The maximum Gasteiger partial charge on any atom is 0.359 e. The van der Waals surface area contributed by atoms with E-state index in [0.717, 1.165) is 18.5 Å². The van der Waals surface area contributed by atoms with Gasteiger partial charge in [-0.05, 0) is 29.4 Å². The smallest absolute Gasteiger partial charge is 0.359 e. The summed E-state index contributed by atoms with van der Waals surface area (Å²) in [6.07, 6.45) is 5.59. The molecule has 0 atom stereocenters. The van der Waals surface area contributed by atoms with Crippen LogP contribution >= 0.6 is 10.9 Å². The van der Waals surface area contributed by atoms with Crippen LogP contribution in [0.15, 0.2) is 53.3 Å².